The van der Waals surface area contributed by atoms with Crippen molar-refractivity contribution in [2.24, 2.45) is 0 Å². The number of hydrogen-bond donors (Lipinski definition) is 2. The minimum absolute atomic E-state index is 0.0187. The van der Waals surface area contributed by atoms with Gasteiger partial charge in [-0.05, 0) is 48.7 Å². The summed E-state index contributed by atoms with van der Waals surface area (Å²) >= 11 is 0. The molecule has 1 aliphatic heterocycles. The van der Waals surface area contributed by atoms with E-state index >= 15 is 0 Å². The van der Waals surface area contributed by atoms with Gasteiger partial charge in [-0.2, -0.15) is 0 Å². The number of pyridine rings is 3. The van der Waals surface area contributed by atoms with E-state index in [2.05, 4.69) is 39.0 Å². The van der Waals surface area contributed by atoms with Crippen LogP contribution in [0.4, 0.5) is 5.82 Å². The molecule has 0 unspecified atom stereocenters. The van der Waals surface area contributed by atoms with Crippen molar-refractivity contribution in [2.75, 3.05) is 38.3 Å². The number of aromatic nitrogens is 4. The molecule has 4 aromatic rings. The zero-order valence-corrected chi connectivity index (χ0v) is 22.1. The number of methoxy groups -OCH3 is 1. The van der Waals surface area contributed by atoms with Crippen LogP contribution in [0, 0.1) is 6.92 Å². The molecule has 2 N–H and O–H groups in total. The zero-order valence-electron chi connectivity index (χ0n) is 22.1. The van der Waals surface area contributed by atoms with Crippen molar-refractivity contribution in [3.63, 3.8) is 0 Å². The van der Waals surface area contributed by atoms with Crippen molar-refractivity contribution in [2.45, 2.75) is 33.2 Å². The summed E-state index contributed by atoms with van der Waals surface area (Å²) in [6.07, 6.45) is 3.50. The minimum Gasteiger partial charge on any atom is -0.496 e. The molecule has 5 heterocycles. The quantitative estimate of drug-likeness (QED) is 0.387. The van der Waals surface area contributed by atoms with Crippen molar-refractivity contribution < 1.29 is 14.3 Å². The highest BCUT2D eigenvalue weighted by molar-refractivity contribution is 5.95. The van der Waals surface area contributed by atoms with Crippen LogP contribution < -0.4 is 20.5 Å². The Balaban J connectivity index is 1.49. The van der Waals surface area contributed by atoms with Crippen LogP contribution in [0.5, 0.6) is 5.75 Å². The highest BCUT2D eigenvalue weighted by atomic mass is 16.5. The third-order valence-electron chi connectivity index (χ3n) is 6.75. The maximum atomic E-state index is 13.5. The van der Waals surface area contributed by atoms with E-state index in [1.807, 2.05) is 30.5 Å². The van der Waals surface area contributed by atoms with E-state index in [1.165, 1.54) is 7.11 Å². The van der Waals surface area contributed by atoms with Gasteiger partial charge in [0, 0.05) is 30.5 Å². The van der Waals surface area contributed by atoms with E-state index in [0.717, 1.165) is 41.2 Å². The number of rotatable bonds is 7. The zero-order chi connectivity index (χ0) is 26.8. The van der Waals surface area contributed by atoms with Gasteiger partial charge in [0.05, 0.1) is 43.6 Å². The van der Waals surface area contributed by atoms with Crippen LogP contribution in [0.25, 0.3) is 16.6 Å². The Morgan fingerprint density at radius 2 is 1.95 bits per heavy atom. The van der Waals surface area contributed by atoms with Gasteiger partial charge >= 0.3 is 0 Å². The maximum Gasteiger partial charge on any atom is 0.268 e. The standard InChI is InChI=1S/C28H32N6O4/c1-17(2)26-22-12-20(19-5-6-25(29-14-19)33-7-9-38-10-8-33)13-23(34(22)16-31-26)28(36)30-15-21-24(37-4)11-18(3)32-27(21)35/h5-6,11-14,16-17H,7-10,15H2,1-4H3,(H,30,36)(H,32,35). The molecule has 5 rings (SSSR count). The number of nitrogens with zero attached hydrogens (tertiary/aromatic N) is 4. The van der Waals surface area contributed by atoms with Crippen LogP contribution in [0.15, 0.2) is 47.7 Å². The Morgan fingerprint density at radius 3 is 2.63 bits per heavy atom. The van der Waals surface area contributed by atoms with E-state index < -0.39 is 0 Å². The number of fused-ring (bicyclic) bond motifs is 1. The van der Waals surface area contributed by atoms with Gasteiger partial charge < -0.3 is 24.7 Å². The van der Waals surface area contributed by atoms with Crippen LogP contribution in [-0.2, 0) is 11.3 Å². The first-order chi connectivity index (χ1) is 18.4. The van der Waals surface area contributed by atoms with Crippen LogP contribution in [0.3, 0.4) is 0 Å². The second-order valence-corrected chi connectivity index (χ2v) is 9.68. The number of anilines is 1. The Hall–Kier alpha value is -4.18. The highest BCUT2D eigenvalue weighted by Crippen LogP contribution is 2.28. The number of carbonyl (C=O) groups is 1. The average molecular weight is 517 g/mol. The van der Waals surface area contributed by atoms with Crippen molar-refractivity contribution >= 4 is 17.2 Å². The number of aromatic amines is 1. The molecule has 1 amide bonds. The van der Waals surface area contributed by atoms with Crippen molar-refractivity contribution in [3.8, 4) is 16.9 Å². The summed E-state index contributed by atoms with van der Waals surface area (Å²) in [5.41, 5.74) is 4.66. The molecule has 0 atom stereocenters. The van der Waals surface area contributed by atoms with Gasteiger partial charge in [0.1, 0.15) is 23.6 Å². The number of aryl methyl sites for hydroxylation is 1. The third kappa shape index (κ3) is 4.99. The largest absolute Gasteiger partial charge is 0.496 e. The monoisotopic (exact) mass is 516 g/mol. The number of morpholine rings is 1. The first-order valence-corrected chi connectivity index (χ1v) is 12.7. The Labute approximate surface area is 220 Å². The summed E-state index contributed by atoms with van der Waals surface area (Å²) in [5.74, 6) is 1.18. The van der Waals surface area contributed by atoms with Crippen molar-refractivity contribution in [1.29, 1.82) is 0 Å². The minimum atomic E-state index is -0.329. The second-order valence-electron chi connectivity index (χ2n) is 9.68. The predicted molar refractivity (Wildman–Crippen MR) is 145 cm³/mol. The lowest BCUT2D eigenvalue weighted by Crippen LogP contribution is -2.36. The topological polar surface area (TPSA) is 114 Å². The number of amides is 1. The molecular formula is C28H32N6O4. The average Bonchev–Trinajstić information content (AvgIpc) is 3.36. The molecule has 10 heteroatoms. The predicted octanol–water partition coefficient (Wildman–Crippen LogP) is 3.29. The maximum absolute atomic E-state index is 13.5. The fraction of sp³-hybridized carbons (Fsp3) is 0.357. The number of H-pyrrole nitrogens is 1. The van der Waals surface area contributed by atoms with Crippen LogP contribution in [0.2, 0.25) is 0 Å². The summed E-state index contributed by atoms with van der Waals surface area (Å²) < 4.78 is 12.6. The van der Waals surface area contributed by atoms with Gasteiger partial charge in [-0.25, -0.2) is 9.97 Å². The lowest BCUT2D eigenvalue weighted by atomic mass is 10.0. The second kappa shape index (κ2) is 10.7. The number of ether oxygens (including phenoxy) is 2. The molecule has 1 saturated heterocycles. The summed E-state index contributed by atoms with van der Waals surface area (Å²) in [4.78, 5) is 40.2. The van der Waals surface area contributed by atoms with E-state index in [-0.39, 0.29) is 23.9 Å². The van der Waals surface area contributed by atoms with Gasteiger partial charge in [-0.3, -0.25) is 14.0 Å². The van der Waals surface area contributed by atoms with Gasteiger partial charge in [0.25, 0.3) is 11.5 Å². The molecule has 0 bridgehead atoms. The Kier molecular flexibility index (Phi) is 7.15. The summed E-state index contributed by atoms with van der Waals surface area (Å²) in [6, 6.07) is 9.63. The molecule has 0 saturated carbocycles. The van der Waals surface area contributed by atoms with Crippen LogP contribution in [0.1, 0.15) is 47.2 Å². The molecule has 0 aromatic carbocycles. The lowest BCUT2D eigenvalue weighted by molar-refractivity contribution is 0.0944. The first kappa shape index (κ1) is 25.5. The third-order valence-corrected chi connectivity index (χ3v) is 6.75. The summed E-state index contributed by atoms with van der Waals surface area (Å²) in [6.45, 7) is 8.95. The molecule has 10 nitrogen and oxygen atoms in total. The van der Waals surface area contributed by atoms with Gasteiger partial charge in [0.15, 0.2) is 0 Å². The lowest BCUT2D eigenvalue weighted by Gasteiger charge is -2.27. The molecule has 0 aliphatic carbocycles. The summed E-state index contributed by atoms with van der Waals surface area (Å²) in [7, 11) is 1.50. The number of imidazole rings is 1. The molecule has 38 heavy (non-hydrogen) atoms. The SMILES string of the molecule is COc1cc(C)[nH]c(=O)c1CNC(=O)c1cc(-c2ccc(N3CCOCC3)nc2)cc2c(C(C)C)ncn12. The highest BCUT2D eigenvalue weighted by Gasteiger charge is 2.19. The normalized spacial score (nSPS) is 13.8. The van der Waals surface area contributed by atoms with E-state index in [1.54, 1.807) is 23.7 Å². The Bertz CT molecular complexity index is 1520. The molecule has 4 aromatic heterocycles. The fourth-order valence-corrected chi connectivity index (χ4v) is 4.73. The molecule has 0 radical (unpaired) electrons. The number of carbonyl (C=O) groups excluding carboxylic acids is 1. The Morgan fingerprint density at radius 1 is 1.16 bits per heavy atom. The first-order valence-electron chi connectivity index (χ1n) is 12.7. The van der Waals surface area contributed by atoms with Crippen molar-refractivity contribution in [3.05, 3.63) is 75.9 Å². The molecular weight excluding hydrogens is 484 g/mol. The molecule has 198 valence electrons. The fourth-order valence-electron chi connectivity index (χ4n) is 4.73. The van der Waals surface area contributed by atoms with Gasteiger partial charge in [0.2, 0.25) is 0 Å². The summed E-state index contributed by atoms with van der Waals surface area (Å²) in [5, 5.41) is 2.89. The number of hydrogen-bond acceptors (Lipinski definition) is 7. The number of nitrogens with one attached hydrogen (secondary N) is 2. The molecule has 0 spiro atoms. The van der Waals surface area contributed by atoms with Crippen molar-refractivity contribution in [1.82, 2.24) is 24.7 Å². The van der Waals surface area contributed by atoms with E-state index in [4.69, 9.17) is 9.47 Å². The van der Waals surface area contributed by atoms with Gasteiger partial charge in [-0.1, -0.05) is 13.8 Å². The molecule has 1 aliphatic rings. The van der Waals surface area contributed by atoms with Crippen LogP contribution in [-0.4, -0.2) is 58.7 Å². The van der Waals surface area contributed by atoms with Crippen LogP contribution >= 0.6 is 0 Å². The smallest absolute Gasteiger partial charge is 0.268 e. The van der Waals surface area contributed by atoms with E-state index in [9.17, 15) is 9.59 Å². The van der Waals surface area contributed by atoms with E-state index in [0.29, 0.717) is 35.9 Å². The van der Waals surface area contributed by atoms with Gasteiger partial charge in [-0.15, -0.1) is 0 Å². The molecule has 1 fully saturated rings.